The van der Waals surface area contributed by atoms with Gasteiger partial charge in [-0.1, -0.05) is 20.8 Å². The van der Waals surface area contributed by atoms with Crippen LogP contribution in [0.5, 0.6) is 0 Å². The predicted octanol–water partition coefficient (Wildman–Crippen LogP) is 1.23. The molecule has 0 amide bonds. The summed E-state index contributed by atoms with van der Waals surface area (Å²) in [5, 5.41) is 9.95. The van der Waals surface area contributed by atoms with Crippen molar-refractivity contribution in [3.05, 3.63) is 11.8 Å². The minimum atomic E-state index is -3.51. The third-order valence-electron chi connectivity index (χ3n) is 3.84. The van der Waals surface area contributed by atoms with Crippen LogP contribution < -0.4 is 10.0 Å². The van der Waals surface area contributed by atoms with Crippen LogP contribution in [0.4, 0.5) is 0 Å². The van der Waals surface area contributed by atoms with E-state index in [0.29, 0.717) is 36.5 Å². The maximum absolute atomic E-state index is 12.3. The van der Waals surface area contributed by atoms with Gasteiger partial charge >= 0.3 is 0 Å². The van der Waals surface area contributed by atoms with Gasteiger partial charge in [-0.05, 0) is 24.7 Å². The number of aromatic nitrogens is 2. The van der Waals surface area contributed by atoms with E-state index in [1.807, 2.05) is 6.92 Å². The van der Waals surface area contributed by atoms with Gasteiger partial charge in [0.15, 0.2) is 5.03 Å². The number of hydrogen-bond acceptors (Lipinski definition) is 4. The molecule has 0 aliphatic heterocycles. The fourth-order valence-electron chi connectivity index (χ4n) is 1.75. The van der Waals surface area contributed by atoms with E-state index in [0.717, 1.165) is 0 Å². The Morgan fingerprint density at radius 1 is 1.40 bits per heavy atom. The molecule has 1 fully saturated rings. The molecule has 1 atom stereocenters. The molecule has 20 heavy (non-hydrogen) atoms. The number of sulfonamides is 1. The zero-order valence-corrected chi connectivity index (χ0v) is 13.1. The fraction of sp³-hybridized carbons (Fsp3) is 0.769. The number of aromatic amines is 1. The lowest BCUT2D eigenvalue weighted by Gasteiger charge is -2.16. The Labute approximate surface area is 120 Å². The molecule has 0 bridgehead atoms. The molecule has 1 aliphatic rings. The lowest BCUT2D eigenvalue weighted by Crippen LogP contribution is -2.31. The van der Waals surface area contributed by atoms with Crippen LogP contribution in [0.2, 0.25) is 0 Å². The van der Waals surface area contributed by atoms with Crippen molar-refractivity contribution in [1.82, 2.24) is 20.2 Å². The van der Waals surface area contributed by atoms with Crippen molar-refractivity contribution in [2.45, 2.75) is 51.2 Å². The van der Waals surface area contributed by atoms with Gasteiger partial charge in [-0.2, -0.15) is 5.10 Å². The van der Waals surface area contributed by atoms with Gasteiger partial charge in [0, 0.05) is 24.7 Å². The predicted molar refractivity (Wildman–Crippen MR) is 77.6 cm³/mol. The molecule has 1 aromatic rings. The summed E-state index contributed by atoms with van der Waals surface area (Å²) in [5.41, 5.74) is 0.696. The summed E-state index contributed by atoms with van der Waals surface area (Å²) in [6.07, 6.45) is 3.92. The first-order chi connectivity index (χ1) is 9.40. The van der Waals surface area contributed by atoms with Crippen LogP contribution >= 0.6 is 0 Å². The third-order valence-corrected chi connectivity index (χ3v) is 5.28. The lowest BCUT2D eigenvalue weighted by atomic mass is 9.99. The zero-order chi connectivity index (χ0) is 14.8. The number of rotatable bonds is 8. The lowest BCUT2D eigenvalue weighted by molar-refractivity contribution is 0.414. The molecular weight excluding hydrogens is 276 g/mol. The molecule has 0 radical (unpaired) electrons. The van der Waals surface area contributed by atoms with Gasteiger partial charge in [0.05, 0.1) is 6.20 Å². The second-order valence-electron chi connectivity index (χ2n) is 5.95. The SMILES string of the molecule is CC(C)C(C)CNS(=O)(=O)c1[nH]ncc1CNC1CC1. The highest BCUT2D eigenvalue weighted by molar-refractivity contribution is 7.89. The van der Waals surface area contributed by atoms with E-state index in [2.05, 4.69) is 34.1 Å². The van der Waals surface area contributed by atoms with E-state index >= 15 is 0 Å². The Kier molecular flexibility index (Phi) is 4.82. The van der Waals surface area contributed by atoms with Gasteiger partial charge < -0.3 is 5.32 Å². The quantitative estimate of drug-likeness (QED) is 0.674. The summed E-state index contributed by atoms with van der Waals surface area (Å²) in [6, 6.07) is 0.536. The van der Waals surface area contributed by atoms with Crippen LogP contribution in [0.15, 0.2) is 11.2 Å². The molecule has 114 valence electrons. The molecule has 6 nitrogen and oxygen atoms in total. The zero-order valence-electron chi connectivity index (χ0n) is 12.3. The minimum absolute atomic E-state index is 0.182. The fourth-order valence-corrected chi connectivity index (χ4v) is 3.02. The van der Waals surface area contributed by atoms with Gasteiger partial charge in [-0.25, -0.2) is 13.1 Å². The molecule has 1 aromatic heterocycles. The van der Waals surface area contributed by atoms with E-state index in [1.54, 1.807) is 6.20 Å². The van der Waals surface area contributed by atoms with Crippen molar-refractivity contribution in [2.24, 2.45) is 11.8 Å². The van der Waals surface area contributed by atoms with E-state index in [1.165, 1.54) is 12.8 Å². The van der Waals surface area contributed by atoms with E-state index < -0.39 is 10.0 Å². The molecular formula is C13H24N4O2S. The first kappa shape index (κ1) is 15.5. The molecule has 1 heterocycles. The third kappa shape index (κ3) is 4.04. The summed E-state index contributed by atoms with van der Waals surface area (Å²) in [6.45, 7) is 7.18. The van der Waals surface area contributed by atoms with Crippen molar-refractivity contribution in [1.29, 1.82) is 0 Å². The van der Waals surface area contributed by atoms with Crippen LogP contribution in [0.1, 0.15) is 39.2 Å². The Morgan fingerprint density at radius 3 is 2.70 bits per heavy atom. The van der Waals surface area contributed by atoms with Crippen molar-refractivity contribution in [3.63, 3.8) is 0 Å². The molecule has 3 N–H and O–H groups in total. The Hall–Kier alpha value is -0.920. The van der Waals surface area contributed by atoms with Crippen LogP contribution in [-0.4, -0.2) is 31.2 Å². The maximum atomic E-state index is 12.3. The Bertz CT molecular complexity index is 534. The summed E-state index contributed by atoms with van der Waals surface area (Å²) in [7, 11) is -3.51. The van der Waals surface area contributed by atoms with Crippen molar-refractivity contribution in [2.75, 3.05) is 6.54 Å². The molecule has 1 aliphatic carbocycles. The second kappa shape index (κ2) is 6.24. The van der Waals surface area contributed by atoms with E-state index in [4.69, 9.17) is 0 Å². The molecule has 2 rings (SSSR count). The second-order valence-corrected chi connectivity index (χ2v) is 7.66. The van der Waals surface area contributed by atoms with E-state index in [-0.39, 0.29) is 5.03 Å². The van der Waals surface area contributed by atoms with Gasteiger partial charge in [0.2, 0.25) is 0 Å². The summed E-state index contributed by atoms with van der Waals surface area (Å²) in [5.74, 6) is 0.733. The molecule has 1 saturated carbocycles. The standard InChI is InChI=1S/C13H24N4O2S/c1-9(2)10(3)6-16-20(18,19)13-11(8-15-17-13)7-14-12-4-5-12/h8-10,12,14,16H,4-7H2,1-3H3,(H,15,17). The first-order valence-electron chi connectivity index (χ1n) is 7.15. The van der Waals surface area contributed by atoms with Gasteiger partial charge in [0.25, 0.3) is 10.0 Å². The number of nitrogens with one attached hydrogen (secondary N) is 3. The highest BCUT2D eigenvalue weighted by Crippen LogP contribution is 2.20. The minimum Gasteiger partial charge on any atom is -0.310 e. The Balaban J connectivity index is 1.99. The van der Waals surface area contributed by atoms with Crippen LogP contribution in [-0.2, 0) is 16.6 Å². The van der Waals surface area contributed by atoms with Gasteiger partial charge in [-0.15, -0.1) is 0 Å². The summed E-state index contributed by atoms with van der Waals surface area (Å²) in [4.78, 5) is 0. The highest BCUT2D eigenvalue weighted by Gasteiger charge is 2.24. The molecule has 1 unspecified atom stereocenters. The largest absolute Gasteiger partial charge is 0.310 e. The number of H-pyrrole nitrogens is 1. The molecule has 0 aromatic carbocycles. The van der Waals surface area contributed by atoms with Crippen LogP contribution in [0.3, 0.4) is 0 Å². The van der Waals surface area contributed by atoms with Crippen molar-refractivity contribution in [3.8, 4) is 0 Å². The normalized spacial score (nSPS) is 17.6. The summed E-state index contributed by atoms with van der Waals surface area (Å²) >= 11 is 0. The first-order valence-corrected chi connectivity index (χ1v) is 8.63. The van der Waals surface area contributed by atoms with Crippen LogP contribution in [0, 0.1) is 11.8 Å². The average molecular weight is 300 g/mol. The van der Waals surface area contributed by atoms with Gasteiger partial charge in [0.1, 0.15) is 0 Å². The number of hydrogen-bond donors (Lipinski definition) is 3. The Morgan fingerprint density at radius 2 is 2.10 bits per heavy atom. The van der Waals surface area contributed by atoms with Crippen LogP contribution in [0.25, 0.3) is 0 Å². The maximum Gasteiger partial charge on any atom is 0.257 e. The van der Waals surface area contributed by atoms with Crippen molar-refractivity contribution < 1.29 is 8.42 Å². The van der Waals surface area contributed by atoms with Crippen molar-refractivity contribution >= 4 is 10.0 Å². The topological polar surface area (TPSA) is 86.9 Å². The molecule has 0 saturated heterocycles. The summed E-state index contributed by atoms with van der Waals surface area (Å²) < 4.78 is 27.2. The van der Waals surface area contributed by atoms with E-state index in [9.17, 15) is 8.42 Å². The number of nitrogens with zero attached hydrogens (tertiary/aromatic N) is 1. The monoisotopic (exact) mass is 300 g/mol. The van der Waals surface area contributed by atoms with Gasteiger partial charge in [-0.3, -0.25) is 5.10 Å². The highest BCUT2D eigenvalue weighted by atomic mass is 32.2. The molecule has 7 heteroatoms. The smallest absolute Gasteiger partial charge is 0.257 e. The molecule has 0 spiro atoms. The average Bonchev–Trinajstić information content (AvgIpc) is 3.09.